The highest BCUT2D eigenvalue weighted by Gasteiger charge is 2.26. The fourth-order valence-electron chi connectivity index (χ4n) is 2.65. The molecule has 0 spiro atoms. The molecule has 4 N–H and O–H groups in total. The lowest BCUT2D eigenvalue weighted by Gasteiger charge is -2.15. The van der Waals surface area contributed by atoms with Crippen molar-refractivity contribution in [2.75, 3.05) is 10.6 Å². The standard InChI is InChI=1S/C15H20ClN3O2.ClH/c1-9(20)18-14-6-5-11(8-12(14)16)19-15(21)7-10-3-2-4-13(10)17;/h5-6,8,10,13H,2-4,7,17H2,1H3,(H,18,20)(H,19,21);1H/t10-,13+;/m0./s1. The molecule has 2 amide bonds. The summed E-state index contributed by atoms with van der Waals surface area (Å²) in [4.78, 5) is 23.0. The van der Waals surface area contributed by atoms with E-state index in [4.69, 9.17) is 17.3 Å². The third-order valence-corrected chi connectivity index (χ3v) is 4.04. The van der Waals surface area contributed by atoms with Crippen LogP contribution in [0.3, 0.4) is 0 Å². The molecule has 1 saturated carbocycles. The number of hydrogen-bond acceptors (Lipinski definition) is 3. The maximum Gasteiger partial charge on any atom is 0.224 e. The molecule has 0 bridgehead atoms. The molecule has 0 radical (unpaired) electrons. The van der Waals surface area contributed by atoms with Crippen LogP contribution in [0.25, 0.3) is 0 Å². The molecule has 1 aliphatic carbocycles. The maximum atomic E-state index is 12.0. The first kappa shape index (κ1) is 18.7. The lowest BCUT2D eigenvalue weighted by Crippen LogP contribution is -2.28. The van der Waals surface area contributed by atoms with Crippen molar-refractivity contribution >= 4 is 47.2 Å². The molecule has 22 heavy (non-hydrogen) atoms. The van der Waals surface area contributed by atoms with Crippen molar-refractivity contribution in [3.63, 3.8) is 0 Å². The normalized spacial score (nSPS) is 20.1. The number of rotatable bonds is 4. The molecule has 0 heterocycles. The first-order chi connectivity index (χ1) is 9.95. The highest BCUT2D eigenvalue weighted by atomic mass is 35.5. The predicted octanol–water partition coefficient (Wildman–Crippen LogP) is 3.18. The Hall–Kier alpha value is -1.30. The molecule has 2 rings (SSSR count). The second-order valence-electron chi connectivity index (χ2n) is 5.48. The van der Waals surface area contributed by atoms with Gasteiger partial charge in [0, 0.05) is 25.1 Å². The quantitative estimate of drug-likeness (QED) is 0.783. The van der Waals surface area contributed by atoms with E-state index in [0.717, 1.165) is 19.3 Å². The third-order valence-electron chi connectivity index (χ3n) is 3.73. The first-order valence-corrected chi connectivity index (χ1v) is 7.46. The molecule has 1 aromatic carbocycles. The second-order valence-corrected chi connectivity index (χ2v) is 5.89. The number of nitrogens with two attached hydrogens (primary N) is 1. The number of benzene rings is 1. The van der Waals surface area contributed by atoms with Crippen LogP contribution in [0.5, 0.6) is 0 Å². The van der Waals surface area contributed by atoms with E-state index in [2.05, 4.69) is 10.6 Å². The summed E-state index contributed by atoms with van der Waals surface area (Å²) in [7, 11) is 0. The Morgan fingerprint density at radius 1 is 1.32 bits per heavy atom. The Balaban J connectivity index is 0.00000242. The monoisotopic (exact) mass is 345 g/mol. The molecule has 0 unspecified atom stereocenters. The minimum Gasteiger partial charge on any atom is -0.327 e. The van der Waals surface area contributed by atoms with Crippen LogP contribution in [0.1, 0.15) is 32.6 Å². The number of anilines is 2. The molecular formula is C15H21Cl2N3O2. The van der Waals surface area contributed by atoms with E-state index in [-0.39, 0.29) is 36.2 Å². The SMILES string of the molecule is CC(=O)Nc1ccc(NC(=O)C[C@@H]2CCC[C@H]2N)cc1Cl.Cl. The Morgan fingerprint density at radius 3 is 2.59 bits per heavy atom. The van der Waals surface area contributed by atoms with E-state index in [1.54, 1.807) is 18.2 Å². The zero-order chi connectivity index (χ0) is 15.4. The van der Waals surface area contributed by atoms with Gasteiger partial charge in [0.1, 0.15) is 0 Å². The average molecular weight is 346 g/mol. The Morgan fingerprint density at radius 2 is 2.05 bits per heavy atom. The zero-order valence-corrected chi connectivity index (χ0v) is 14.0. The average Bonchev–Trinajstić information content (AvgIpc) is 2.78. The van der Waals surface area contributed by atoms with Crippen molar-refractivity contribution in [3.05, 3.63) is 23.2 Å². The zero-order valence-electron chi connectivity index (χ0n) is 12.4. The van der Waals surface area contributed by atoms with E-state index in [9.17, 15) is 9.59 Å². The number of carbonyl (C=O) groups excluding carboxylic acids is 2. The van der Waals surface area contributed by atoms with Crippen molar-refractivity contribution in [1.29, 1.82) is 0 Å². The predicted molar refractivity (Wildman–Crippen MR) is 91.6 cm³/mol. The number of hydrogen-bond donors (Lipinski definition) is 3. The fraction of sp³-hybridized carbons (Fsp3) is 0.467. The maximum absolute atomic E-state index is 12.0. The van der Waals surface area contributed by atoms with Gasteiger partial charge in [-0.05, 0) is 37.0 Å². The van der Waals surface area contributed by atoms with Gasteiger partial charge >= 0.3 is 0 Å². The van der Waals surface area contributed by atoms with E-state index in [1.807, 2.05) is 0 Å². The third kappa shape index (κ3) is 5.16. The van der Waals surface area contributed by atoms with Gasteiger partial charge in [-0.1, -0.05) is 18.0 Å². The summed E-state index contributed by atoms with van der Waals surface area (Å²) < 4.78 is 0. The number of amides is 2. The molecule has 122 valence electrons. The van der Waals surface area contributed by atoms with Crippen molar-refractivity contribution < 1.29 is 9.59 Å². The van der Waals surface area contributed by atoms with Gasteiger partial charge in [0.2, 0.25) is 11.8 Å². The van der Waals surface area contributed by atoms with Crippen LogP contribution in [-0.2, 0) is 9.59 Å². The summed E-state index contributed by atoms with van der Waals surface area (Å²) in [5.41, 5.74) is 7.11. The van der Waals surface area contributed by atoms with Crippen LogP contribution >= 0.6 is 24.0 Å². The van der Waals surface area contributed by atoms with Crippen LogP contribution in [0.15, 0.2) is 18.2 Å². The Bertz CT molecular complexity index is 552. The summed E-state index contributed by atoms with van der Waals surface area (Å²) in [5, 5.41) is 5.83. The van der Waals surface area contributed by atoms with Gasteiger partial charge in [-0.2, -0.15) is 0 Å². The first-order valence-electron chi connectivity index (χ1n) is 7.08. The van der Waals surface area contributed by atoms with Crippen molar-refractivity contribution in [1.82, 2.24) is 0 Å². The lowest BCUT2D eigenvalue weighted by molar-refractivity contribution is -0.117. The Labute approximate surface area is 141 Å². The van der Waals surface area contributed by atoms with Gasteiger partial charge in [-0.15, -0.1) is 12.4 Å². The minimum absolute atomic E-state index is 0. The Kier molecular flexibility index (Phi) is 7.13. The molecule has 0 saturated heterocycles. The van der Waals surface area contributed by atoms with Gasteiger partial charge in [0.05, 0.1) is 10.7 Å². The minimum atomic E-state index is -0.191. The molecule has 2 atom stereocenters. The smallest absolute Gasteiger partial charge is 0.224 e. The van der Waals surface area contributed by atoms with E-state index in [1.165, 1.54) is 6.92 Å². The van der Waals surface area contributed by atoms with Crippen LogP contribution < -0.4 is 16.4 Å². The summed E-state index contributed by atoms with van der Waals surface area (Å²) >= 11 is 6.06. The number of nitrogens with one attached hydrogen (secondary N) is 2. The van der Waals surface area contributed by atoms with E-state index in [0.29, 0.717) is 22.8 Å². The van der Waals surface area contributed by atoms with Gasteiger partial charge in [-0.3, -0.25) is 9.59 Å². The van der Waals surface area contributed by atoms with Crippen molar-refractivity contribution in [3.8, 4) is 0 Å². The largest absolute Gasteiger partial charge is 0.327 e. The molecule has 0 aliphatic heterocycles. The summed E-state index contributed by atoms with van der Waals surface area (Å²) in [6, 6.07) is 5.13. The number of carbonyl (C=O) groups is 2. The van der Waals surface area contributed by atoms with Crippen LogP contribution in [0.2, 0.25) is 5.02 Å². The highest BCUT2D eigenvalue weighted by molar-refractivity contribution is 6.34. The topological polar surface area (TPSA) is 84.2 Å². The van der Waals surface area contributed by atoms with Crippen LogP contribution in [0.4, 0.5) is 11.4 Å². The summed E-state index contributed by atoms with van der Waals surface area (Å²) in [6.45, 7) is 1.41. The van der Waals surface area contributed by atoms with Gasteiger partial charge in [0.15, 0.2) is 0 Å². The lowest BCUT2D eigenvalue weighted by atomic mass is 10.00. The molecule has 1 fully saturated rings. The summed E-state index contributed by atoms with van der Waals surface area (Å²) in [5.74, 6) is 0.0173. The van der Waals surface area contributed by atoms with E-state index >= 15 is 0 Å². The van der Waals surface area contributed by atoms with Gasteiger partial charge < -0.3 is 16.4 Å². The molecule has 1 aliphatic rings. The molecule has 1 aromatic rings. The second kappa shape index (κ2) is 8.36. The molecule has 5 nitrogen and oxygen atoms in total. The van der Waals surface area contributed by atoms with Crippen molar-refractivity contribution in [2.45, 2.75) is 38.6 Å². The number of halogens is 2. The van der Waals surface area contributed by atoms with Gasteiger partial charge in [-0.25, -0.2) is 0 Å². The molecule has 0 aromatic heterocycles. The van der Waals surface area contributed by atoms with Crippen molar-refractivity contribution in [2.24, 2.45) is 11.7 Å². The molecule has 7 heteroatoms. The van der Waals surface area contributed by atoms with Gasteiger partial charge in [0.25, 0.3) is 0 Å². The fourth-order valence-corrected chi connectivity index (χ4v) is 2.88. The van der Waals surface area contributed by atoms with E-state index < -0.39 is 0 Å². The highest BCUT2D eigenvalue weighted by Crippen LogP contribution is 2.28. The van der Waals surface area contributed by atoms with Crippen LogP contribution in [-0.4, -0.2) is 17.9 Å². The molecular weight excluding hydrogens is 325 g/mol. The summed E-state index contributed by atoms with van der Waals surface area (Å²) in [6.07, 6.45) is 3.54. The van der Waals surface area contributed by atoms with Crippen LogP contribution in [0, 0.1) is 5.92 Å².